The molecule has 0 heterocycles. The third-order valence-electron chi connectivity index (χ3n) is 0.845. The van der Waals surface area contributed by atoms with Crippen molar-refractivity contribution < 1.29 is 4.79 Å². The van der Waals surface area contributed by atoms with Crippen molar-refractivity contribution in [3.63, 3.8) is 0 Å². The zero-order valence-corrected chi connectivity index (χ0v) is 6.14. The summed E-state index contributed by atoms with van der Waals surface area (Å²) in [6.45, 7) is 1.89. The summed E-state index contributed by atoms with van der Waals surface area (Å²) in [5.74, 6) is -0.700. The lowest BCUT2D eigenvalue weighted by molar-refractivity contribution is -0.114. The number of nitrogens with one attached hydrogen (secondary N) is 2. The van der Waals surface area contributed by atoms with Crippen molar-refractivity contribution >= 4 is 18.0 Å². The van der Waals surface area contributed by atoms with Crippen LogP contribution in [-0.4, -0.2) is 25.0 Å². The first-order valence-electron chi connectivity index (χ1n) is 3.05. The molecule has 0 rings (SSSR count). The van der Waals surface area contributed by atoms with Crippen LogP contribution in [-0.2, 0) is 4.79 Å². The van der Waals surface area contributed by atoms with Crippen molar-refractivity contribution in [3.8, 4) is 0 Å². The van der Waals surface area contributed by atoms with E-state index in [-0.39, 0.29) is 5.84 Å². The Bertz CT molecular complexity index is 162. The minimum Gasteiger partial charge on any atom is -0.352 e. The second kappa shape index (κ2) is 4.67. The first-order chi connectivity index (χ1) is 4.72. The van der Waals surface area contributed by atoms with Crippen LogP contribution in [0.3, 0.4) is 0 Å². The van der Waals surface area contributed by atoms with Gasteiger partial charge in [0.2, 0.25) is 5.84 Å². The Kier molecular flexibility index (Phi) is 4.11. The van der Waals surface area contributed by atoms with Gasteiger partial charge in [0, 0.05) is 13.3 Å². The van der Waals surface area contributed by atoms with E-state index in [4.69, 9.17) is 5.41 Å². The van der Waals surface area contributed by atoms with Crippen LogP contribution < -0.4 is 5.32 Å². The molecule has 0 atom stereocenters. The minimum atomic E-state index is -0.454. The second-order valence-electron chi connectivity index (χ2n) is 1.65. The van der Waals surface area contributed by atoms with Gasteiger partial charge in [0.05, 0.1) is 0 Å². The van der Waals surface area contributed by atoms with Gasteiger partial charge in [0.1, 0.15) is 0 Å². The molecule has 0 radical (unpaired) electrons. The molecule has 56 valence electrons. The highest BCUT2D eigenvalue weighted by molar-refractivity contribution is 6.37. The average molecular weight is 141 g/mol. The summed E-state index contributed by atoms with van der Waals surface area (Å²) in [6.07, 6.45) is 2.26. The van der Waals surface area contributed by atoms with E-state index in [1.807, 2.05) is 6.92 Å². The average Bonchev–Trinajstić information content (AvgIpc) is 1.98. The zero-order chi connectivity index (χ0) is 7.98. The van der Waals surface area contributed by atoms with Crippen molar-refractivity contribution in [2.24, 2.45) is 4.99 Å². The van der Waals surface area contributed by atoms with E-state index in [0.29, 0.717) is 0 Å². The van der Waals surface area contributed by atoms with Gasteiger partial charge in [-0.25, -0.2) is 4.99 Å². The summed E-state index contributed by atoms with van der Waals surface area (Å²) >= 11 is 0. The van der Waals surface area contributed by atoms with Crippen molar-refractivity contribution in [2.45, 2.75) is 13.3 Å². The van der Waals surface area contributed by atoms with Gasteiger partial charge in [0.15, 0.2) is 0 Å². The highest BCUT2D eigenvalue weighted by Crippen LogP contribution is 1.76. The van der Waals surface area contributed by atoms with Gasteiger partial charge in [-0.05, 0) is 6.42 Å². The number of hydrogen-bond donors (Lipinski definition) is 2. The molecular formula is C6H11N3O. The van der Waals surface area contributed by atoms with Gasteiger partial charge in [-0.1, -0.05) is 6.92 Å². The number of amidine groups is 1. The second-order valence-corrected chi connectivity index (χ2v) is 1.65. The van der Waals surface area contributed by atoms with Gasteiger partial charge < -0.3 is 5.32 Å². The summed E-state index contributed by atoms with van der Waals surface area (Å²) in [4.78, 5) is 14.1. The molecule has 10 heavy (non-hydrogen) atoms. The number of nitrogens with zero attached hydrogens (tertiary/aromatic N) is 1. The predicted molar refractivity (Wildman–Crippen MR) is 40.6 cm³/mol. The van der Waals surface area contributed by atoms with Crippen LogP contribution in [0, 0.1) is 5.41 Å². The van der Waals surface area contributed by atoms with Crippen LogP contribution in [0.2, 0.25) is 0 Å². The van der Waals surface area contributed by atoms with Gasteiger partial charge in [-0.3, -0.25) is 10.2 Å². The van der Waals surface area contributed by atoms with Gasteiger partial charge in [-0.2, -0.15) is 0 Å². The molecule has 0 saturated carbocycles. The minimum absolute atomic E-state index is 0.246. The molecule has 4 nitrogen and oxygen atoms in total. The van der Waals surface area contributed by atoms with Gasteiger partial charge >= 0.3 is 0 Å². The maximum atomic E-state index is 10.6. The lowest BCUT2D eigenvalue weighted by Gasteiger charge is -1.92. The van der Waals surface area contributed by atoms with E-state index in [1.54, 1.807) is 0 Å². The van der Waals surface area contributed by atoms with Crippen LogP contribution in [0.25, 0.3) is 0 Å². The highest BCUT2D eigenvalue weighted by atomic mass is 16.2. The number of carbonyl (C=O) groups excluding carboxylic acids is 1. The standard InChI is InChI=1S/C6H11N3O/c1-3-4-9-5(7)6(10)8-2/h4,7H,3H2,1-2H3,(H,8,10)/b7-5?,9-4-. The van der Waals surface area contributed by atoms with Crippen molar-refractivity contribution in [1.29, 1.82) is 5.41 Å². The van der Waals surface area contributed by atoms with Gasteiger partial charge in [0.25, 0.3) is 5.91 Å². The first-order valence-corrected chi connectivity index (χ1v) is 3.05. The molecule has 4 heteroatoms. The Labute approximate surface area is 59.9 Å². The molecule has 0 spiro atoms. The fourth-order valence-electron chi connectivity index (χ4n) is 0.360. The smallest absolute Gasteiger partial charge is 0.288 e. The summed E-state index contributed by atoms with van der Waals surface area (Å²) in [7, 11) is 1.47. The van der Waals surface area contributed by atoms with E-state index in [1.165, 1.54) is 13.3 Å². The first kappa shape index (κ1) is 8.81. The van der Waals surface area contributed by atoms with Crippen LogP contribution in [0.5, 0.6) is 0 Å². The van der Waals surface area contributed by atoms with Gasteiger partial charge in [-0.15, -0.1) is 0 Å². The van der Waals surface area contributed by atoms with Crippen LogP contribution in [0.4, 0.5) is 0 Å². The Morgan fingerprint density at radius 3 is 2.80 bits per heavy atom. The quantitative estimate of drug-likeness (QED) is 0.397. The molecule has 2 N–H and O–H groups in total. The molecular weight excluding hydrogens is 130 g/mol. The number of amides is 1. The third kappa shape index (κ3) is 2.96. The topological polar surface area (TPSA) is 65.3 Å². The maximum absolute atomic E-state index is 10.6. The molecule has 0 unspecified atom stereocenters. The number of hydrogen-bond acceptors (Lipinski definition) is 2. The van der Waals surface area contributed by atoms with E-state index in [0.717, 1.165) is 6.42 Å². The molecule has 1 amide bonds. The largest absolute Gasteiger partial charge is 0.352 e. The normalized spacial score (nSPS) is 9.80. The SMILES string of the molecule is CC/C=N\C(=N)C(=O)NC. The summed E-state index contributed by atoms with van der Waals surface area (Å²) in [5, 5.41) is 9.28. The fraction of sp³-hybridized carbons (Fsp3) is 0.500. The lowest BCUT2D eigenvalue weighted by Crippen LogP contribution is -2.25. The monoisotopic (exact) mass is 141 g/mol. The molecule has 0 aliphatic heterocycles. The number of carbonyl (C=O) groups is 1. The molecule has 0 fully saturated rings. The van der Waals surface area contributed by atoms with Crippen molar-refractivity contribution in [2.75, 3.05) is 7.05 Å². The Hall–Kier alpha value is -1.19. The lowest BCUT2D eigenvalue weighted by atomic mass is 10.5. The molecule has 0 aromatic rings. The van der Waals surface area contributed by atoms with E-state index < -0.39 is 5.91 Å². The summed E-state index contributed by atoms with van der Waals surface area (Å²) < 4.78 is 0. The summed E-state index contributed by atoms with van der Waals surface area (Å²) in [5.41, 5.74) is 0. The number of rotatable bonds is 1. The third-order valence-corrected chi connectivity index (χ3v) is 0.845. The van der Waals surface area contributed by atoms with Crippen LogP contribution >= 0.6 is 0 Å². The number of likely N-dealkylation sites (N-methyl/N-ethyl adjacent to an activating group) is 1. The van der Waals surface area contributed by atoms with Crippen LogP contribution in [0.15, 0.2) is 4.99 Å². The molecule has 0 aliphatic rings. The molecule has 0 saturated heterocycles. The van der Waals surface area contributed by atoms with E-state index in [2.05, 4.69) is 10.3 Å². The van der Waals surface area contributed by atoms with Crippen molar-refractivity contribution in [3.05, 3.63) is 0 Å². The Morgan fingerprint density at radius 1 is 1.80 bits per heavy atom. The zero-order valence-electron chi connectivity index (χ0n) is 6.14. The van der Waals surface area contributed by atoms with E-state index in [9.17, 15) is 4.79 Å². The molecule has 0 aromatic heterocycles. The summed E-state index contributed by atoms with van der Waals surface area (Å²) in [6, 6.07) is 0. The van der Waals surface area contributed by atoms with Crippen molar-refractivity contribution in [1.82, 2.24) is 5.32 Å². The Balaban J connectivity index is 3.85. The molecule has 0 bridgehead atoms. The van der Waals surface area contributed by atoms with E-state index >= 15 is 0 Å². The maximum Gasteiger partial charge on any atom is 0.288 e. The molecule has 0 aliphatic carbocycles. The predicted octanol–water partition coefficient (Wildman–Crippen LogP) is 0.190. The highest BCUT2D eigenvalue weighted by Gasteiger charge is 2.01. The van der Waals surface area contributed by atoms with Crippen LogP contribution in [0.1, 0.15) is 13.3 Å². The molecule has 0 aromatic carbocycles. The fourth-order valence-corrected chi connectivity index (χ4v) is 0.360. The number of aliphatic imine (C=N–C) groups is 1. The Morgan fingerprint density at radius 2 is 2.40 bits per heavy atom.